The molecular weight excluding hydrogens is 172 g/mol. The topological polar surface area (TPSA) is 38.0 Å². The van der Waals surface area contributed by atoms with E-state index < -0.39 is 0 Å². The van der Waals surface area contributed by atoms with Crippen molar-refractivity contribution in [1.29, 1.82) is 0 Å². The Kier molecular flexibility index (Phi) is 2.23. The molecule has 1 aliphatic rings. The van der Waals surface area contributed by atoms with Crippen LogP contribution in [0.15, 0.2) is 24.3 Å². The molecule has 2 rings (SSSR count). The summed E-state index contributed by atoms with van der Waals surface area (Å²) in [6.07, 6.45) is 2.42. The summed E-state index contributed by atoms with van der Waals surface area (Å²) in [6, 6.07) is 8.68. The van der Waals surface area contributed by atoms with Crippen LogP contribution in [0.25, 0.3) is 0 Å². The SMILES string of the molecule is CC(C)NC1(c2ccccc2N)CC1. The van der Waals surface area contributed by atoms with Crippen molar-refractivity contribution in [3.63, 3.8) is 0 Å². The second-order valence-corrected chi connectivity index (χ2v) is 4.47. The molecule has 0 amide bonds. The lowest BCUT2D eigenvalue weighted by Crippen LogP contribution is -2.35. The monoisotopic (exact) mass is 190 g/mol. The fourth-order valence-electron chi connectivity index (χ4n) is 2.10. The number of nitrogens with one attached hydrogen (secondary N) is 1. The Morgan fingerprint density at radius 3 is 2.43 bits per heavy atom. The average Bonchev–Trinajstić information content (AvgIpc) is 2.85. The second kappa shape index (κ2) is 3.28. The summed E-state index contributed by atoms with van der Waals surface area (Å²) in [7, 11) is 0. The third-order valence-electron chi connectivity index (χ3n) is 2.79. The summed E-state index contributed by atoms with van der Waals surface area (Å²) in [4.78, 5) is 0. The van der Waals surface area contributed by atoms with Crippen molar-refractivity contribution in [2.24, 2.45) is 0 Å². The van der Waals surface area contributed by atoms with Crippen molar-refractivity contribution < 1.29 is 0 Å². The van der Waals surface area contributed by atoms with E-state index in [1.54, 1.807) is 0 Å². The Balaban J connectivity index is 2.26. The molecule has 1 aliphatic carbocycles. The zero-order chi connectivity index (χ0) is 10.2. The van der Waals surface area contributed by atoms with Crippen molar-refractivity contribution in [2.45, 2.75) is 38.3 Å². The smallest absolute Gasteiger partial charge is 0.0458 e. The maximum absolute atomic E-state index is 5.98. The minimum absolute atomic E-state index is 0.180. The van der Waals surface area contributed by atoms with Crippen molar-refractivity contribution in [3.05, 3.63) is 29.8 Å². The fourth-order valence-corrected chi connectivity index (χ4v) is 2.10. The molecule has 1 aromatic carbocycles. The highest BCUT2D eigenvalue weighted by molar-refractivity contribution is 5.52. The first kappa shape index (κ1) is 9.53. The van der Waals surface area contributed by atoms with Gasteiger partial charge in [-0.1, -0.05) is 32.0 Å². The molecule has 1 fully saturated rings. The molecule has 2 heteroatoms. The fraction of sp³-hybridized carbons (Fsp3) is 0.500. The Morgan fingerprint density at radius 2 is 1.93 bits per heavy atom. The molecule has 0 atom stereocenters. The summed E-state index contributed by atoms with van der Waals surface area (Å²) >= 11 is 0. The van der Waals surface area contributed by atoms with Gasteiger partial charge in [0.25, 0.3) is 0 Å². The zero-order valence-electron chi connectivity index (χ0n) is 8.88. The predicted molar refractivity (Wildman–Crippen MR) is 60.0 cm³/mol. The molecule has 1 saturated carbocycles. The molecule has 1 aromatic rings. The first-order valence-corrected chi connectivity index (χ1v) is 5.27. The minimum atomic E-state index is 0.180. The normalized spacial score (nSPS) is 18.5. The molecule has 0 aromatic heterocycles. The van der Waals surface area contributed by atoms with Crippen LogP contribution in [0.3, 0.4) is 0 Å². The van der Waals surface area contributed by atoms with Crippen LogP contribution in [-0.4, -0.2) is 6.04 Å². The highest BCUT2D eigenvalue weighted by atomic mass is 15.0. The van der Waals surface area contributed by atoms with E-state index in [4.69, 9.17) is 5.73 Å². The highest BCUT2D eigenvalue weighted by Gasteiger charge is 2.45. The molecule has 0 radical (unpaired) electrons. The van der Waals surface area contributed by atoms with Crippen molar-refractivity contribution in [2.75, 3.05) is 5.73 Å². The third kappa shape index (κ3) is 1.62. The Bertz CT molecular complexity index is 327. The first-order chi connectivity index (χ1) is 6.64. The van der Waals surface area contributed by atoms with E-state index in [0.29, 0.717) is 6.04 Å². The van der Waals surface area contributed by atoms with E-state index in [0.717, 1.165) is 5.69 Å². The molecule has 0 spiro atoms. The second-order valence-electron chi connectivity index (χ2n) is 4.47. The van der Waals surface area contributed by atoms with E-state index in [1.165, 1.54) is 18.4 Å². The largest absolute Gasteiger partial charge is 0.398 e. The quantitative estimate of drug-likeness (QED) is 0.717. The molecular formula is C12H18N2. The number of hydrogen-bond donors (Lipinski definition) is 2. The maximum Gasteiger partial charge on any atom is 0.0458 e. The van der Waals surface area contributed by atoms with Gasteiger partial charge < -0.3 is 11.1 Å². The number of benzene rings is 1. The van der Waals surface area contributed by atoms with Gasteiger partial charge in [-0.25, -0.2) is 0 Å². The van der Waals surface area contributed by atoms with Crippen molar-refractivity contribution in [1.82, 2.24) is 5.32 Å². The molecule has 0 unspecified atom stereocenters. The van der Waals surface area contributed by atoms with E-state index in [9.17, 15) is 0 Å². The summed E-state index contributed by atoms with van der Waals surface area (Å²) in [5, 5.41) is 3.61. The predicted octanol–water partition coefficient (Wildman–Crippen LogP) is 2.26. The summed E-state index contributed by atoms with van der Waals surface area (Å²) in [5.74, 6) is 0. The highest BCUT2D eigenvalue weighted by Crippen LogP contribution is 2.47. The van der Waals surface area contributed by atoms with Gasteiger partial charge in [-0.3, -0.25) is 0 Å². The lowest BCUT2D eigenvalue weighted by molar-refractivity contribution is 0.462. The Labute approximate surface area is 85.5 Å². The van der Waals surface area contributed by atoms with Crippen LogP contribution in [0.1, 0.15) is 32.3 Å². The molecule has 14 heavy (non-hydrogen) atoms. The number of hydrogen-bond acceptors (Lipinski definition) is 2. The van der Waals surface area contributed by atoms with Crippen LogP contribution < -0.4 is 11.1 Å². The number of nitrogen functional groups attached to an aromatic ring is 1. The summed E-state index contributed by atoms with van der Waals surface area (Å²) in [6.45, 7) is 4.36. The van der Waals surface area contributed by atoms with Crippen molar-refractivity contribution in [3.8, 4) is 0 Å². The van der Waals surface area contributed by atoms with Gasteiger partial charge in [0, 0.05) is 17.3 Å². The third-order valence-corrected chi connectivity index (χ3v) is 2.79. The Hall–Kier alpha value is -1.02. The van der Waals surface area contributed by atoms with Gasteiger partial charge in [0.05, 0.1) is 0 Å². The lowest BCUT2D eigenvalue weighted by atomic mass is 10.0. The number of rotatable bonds is 3. The molecule has 0 aliphatic heterocycles. The van der Waals surface area contributed by atoms with Crippen LogP contribution in [0, 0.1) is 0 Å². The van der Waals surface area contributed by atoms with Gasteiger partial charge in [-0.15, -0.1) is 0 Å². The molecule has 3 N–H and O–H groups in total. The van der Waals surface area contributed by atoms with Crippen LogP contribution in [-0.2, 0) is 5.54 Å². The summed E-state index contributed by atoms with van der Waals surface area (Å²) < 4.78 is 0. The lowest BCUT2D eigenvalue weighted by Gasteiger charge is -2.22. The van der Waals surface area contributed by atoms with E-state index in [2.05, 4.69) is 31.3 Å². The number of nitrogens with two attached hydrogens (primary N) is 1. The van der Waals surface area contributed by atoms with Crippen LogP contribution in [0.5, 0.6) is 0 Å². The number of anilines is 1. The molecule has 0 saturated heterocycles. The van der Waals surface area contributed by atoms with E-state index >= 15 is 0 Å². The zero-order valence-corrected chi connectivity index (χ0v) is 8.88. The van der Waals surface area contributed by atoms with Gasteiger partial charge in [0.2, 0.25) is 0 Å². The first-order valence-electron chi connectivity index (χ1n) is 5.27. The van der Waals surface area contributed by atoms with Gasteiger partial charge in [-0.05, 0) is 24.5 Å². The average molecular weight is 190 g/mol. The van der Waals surface area contributed by atoms with Crippen molar-refractivity contribution >= 4 is 5.69 Å². The summed E-state index contributed by atoms with van der Waals surface area (Å²) in [5.41, 5.74) is 8.35. The standard InChI is InChI=1S/C12H18N2/c1-9(2)14-12(7-8-12)10-5-3-4-6-11(10)13/h3-6,9,14H,7-8,13H2,1-2H3. The van der Waals surface area contributed by atoms with Gasteiger partial charge in [0.1, 0.15) is 0 Å². The number of para-hydroxylation sites is 1. The van der Waals surface area contributed by atoms with Gasteiger partial charge in [0.15, 0.2) is 0 Å². The molecule has 76 valence electrons. The van der Waals surface area contributed by atoms with Gasteiger partial charge in [-0.2, -0.15) is 0 Å². The molecule has 0 heterocycles. The van der Waals surface area contributed by atoms with Gasteiger partial charge >= 0.3 is 0 Å². The molecule has 0 bridgehead atoms. The molecule has 2 nitrogen and oxygen atoms in total. The maximum atomic E-state index is 5.98. The van der Waals surface area contributed by atoms with Crippen LogP contribution >= 0.6 is 0 Å². The van der Waals surface area contributed by atoms with E-state index in [1.807, 2.05) is 12.1 Å². The van der Waals surface area contributed by atoms with Crippen LogP contribution in [0.4, 0.5) is 5.69 Å². The minimum Gasteiger partial charge on any atom is -0.398 e. The van der Waals surface area contributed by atoms with E-state index in [-0.39, 0.29) is 5.54 Å². The Morgan fingerprint density at radius 1 is 1.29 bits per heavy atom. The van der Waals surface area contributed by atoms with Crippen LogP contribution in [0.2, 0.25) is 0 Å².